The van der Waals surface area contributed by atoms with Crippen molar-refractivity contribution in [3.05, 3.63) is 40.4 Å². The van der Waals surface area contributed by atoms with Gasteiger partial charge in [-0.25, -0.2) is 0 Å². The lowest BCUT2D eigenvalue weighted by Gasteiger charge is -2.08. The molecule has 0 aliphatic carbocycles. The van der Waals surface area contributed by atoms with Gasteiger partial charge in [0.1, 0.15) is 5.82 Å². The van der Waals surface area contributed by atoms with Gasteiger partial charge in [-0.1, -0.05) is 19.1 Å². The molecule has 1 heterocycles. The number of hydrogen-bond acceptors (Lipinski definition) is 3. The van der Waals surface area contributed by atoms with Crippen molar-refractivity contribution >= 4 is 12.2 Å². The van der Waals surface area contributed by atoms with Gasteiger partial charge in [0.05, 0.1) is 6.61 Å². The molecule has 1 aromatic heterocycles. The van der Waals surface area contributed by atoms with Gasteiger partial charge in [0.15, 0.2) is 4.77 Å². The van der Waals surface area contributed by atoms with E-state index in [1.54, 1.807) is 7.11 Å². The van der Waals surface area contributed by atoms with Gasteiger partial charge in [-0.3, -0.25) is 9.67 Å². The summed E-state index contributed by atoms with van der Waals surface area (Å²) < 4.78 is 7.77. The second kappa shape index (κ2) is 5.93. The molecule has 1 aromatic carbocycles. The second-order valence-electron chi connectivity index (χ2n) is 4.13. The highest BCUT2D eigenvalue weighted by Crippen LogP contribution is 2.14. The normalized spacial score (nSPS) is 10.8. The summed E-state index contributed by atoms with van der Waals surface area (Å²) in [5.74, 6) is 0.970. The van der Waals surface area contributed by atoms with Crippen LogP contribution in [-0.4, -0.2) is 21.9 Å². The SMILES string of the molecule is CCCc1n[nH]c(=S)n1-c1cccc(COC)c1. The molecule has 0 bridgehead atoms. The summed E-state index contributed by atoms with van der Waals surface area (Å²) in [6.45, 7) is 2.73. The Morgan fingerprint density at radius 2 is 2.28 bits per heavy atom. The Morgan fingerprint density at radius 3 is 3.00 bits per heavy atom. The quantitative estimate of drug-likeness (QED) is 0.843. The molecule has 0 unspecified atom stereocenters. The molecule has 0 saturated heterocycles. The minimum atomic E-state index is 0.599. The minimum absolute atomic E-state index is 0.599. The first-order valence-corrected chi connectivity index (χ1v) is 6.41. The topological polar surface area (TPSA) is 42.8 Å². The molecule has 0 radical (unpaired) electrons. The highest BCUT2D eigenvalue weighted by Gasteiger charge is 2.07. The molecule has 0 aliphatic heterocycles. The summed E-state index contributed by atoms with van der Waals surface area (Å²) in [5, 5.41) is 7.13. The lowest BCUT2D eigenvalue weighted by Crippen LogP contribution is -2.02. The molecule has 1 N–H and O–H groups in total. The van der Waals surface area contributed by atoms with E-state index in [-0.39, 0.29) is 0 Å². The summed E-state index contributed by atoms with van der Waals surface area (Å²) >= 11 is 5.29. The molecule has 0 atom stereocenters. The summed E-state index contributed by atoms with van der Waals surface area (Å²) in [4.78, 5) is 0. The largest absolute Gasteiger partial charge is 0.380 e. The van der Waals surface area contributed by atoms with Gasteiger partial charge >= 0.3 is 0 Å². The lowest BCUT2D eigenvalue weighted by molar-refractivity contribution is 0.185. The van der Waals surface area contributed by atoms with E-state index >= 15 is 0 Å². The molecule has 2 rings (SSSR count). The van der Waals surface area contributed by atoms with E-state index in [1.165, 1.54) is 0 Å². The fourth-order valence-corrected chi connectivity index (χ4v) is 2.20. The Labute approximate surface area is 112 Å². The van der Waals surface area contributed by atoms with Gasteiger partial charge in [-0.05, 0) is 36.3 Å². The van der Waals surface area contributed by atoms with Crippen LogP contribution in [0.1, 0.15) is 24.7 Å². The zero-order valence-electron chi connectivity index (χ0n) is 10.6. The summed E-state index contributed by atoms with van der Waals surface area (Å²) in [7, 11) is 1.69. The third-order valence-electron chi connectivity index (χ3n) is 2.70. The standard InChI is InChI=1S/C13H17N3OS/c1-3-5-12-14-15-13(18)16(12)11-7-4-6-10(8-11)9-17-2/h4,6-8H,3,5,9H2,1-2H3,(H,15,18). The van der Waals surface area contributed by atoms with E-state index in [4.69, 9.17) is 17.0 Å². The number of rotatable bonds is 5. The number of nitrogens with one attached hydrogen (secondary N) is 1. The predicted molar refractivity (Wildman–Crippen MR) is 73.5 cm³/mol. The fraction of sp³-hybridized carbons (Fsp3) is 0.385. The smallest absolute Gasteiger partial charge is 0.199 e. The molecule has 96 valence electrons. The number of hydrogen-bond donors (Lipinski definition) is 1. The molecule has 2 aromatic rings. The first kappa shape index (κ1) is 13.0. The monoisotopic (exact) mass is 263 g/mol. The Bertz CT molecular complexity index is 574. The van der Waals surface area contributed by atoms with E-state index in [1.807, 2.05) is 22.8 Å². The van der Waals surface area contributed by atoms with Crippen molar-refractivity contribution in [2.45, 2.75) is 26.4 Å². The van der Waals surface area contributed by atoms with Crippen molar-refractivity contribution in [3.8, 4) is 5.69 Å². The highest BCUT2D eigenvalue weighted by molar-refractivity contribution is 7.71. The first-order chi connectivity index (χ1) is 8.76. The van der Waals surface area contributed by atoms with Crippen LogP contribution >= 0.6 is 12.2 Å². The Balaban J connectivity index is 2.44. The first-order valence-electron chi connectivity index (χ1n) is 6.00. The average molecular weight is 263 g/mol. The second-order valence-corrected chi connectivity index (χ2v) is 4.52. The zero-order valence-corrected chi connectivity index (χ0v) is 11.5. The maximum absolute atomic E-state index is 5.29. The molecule has 0 aliphatic rings. The number of aromatic amines is 1. The van der Waals surface area contributed by atoms with Crippen molar-refractivity contribution in [1.82, 2.24) is 14.8 Å². The summed E-state index contributed by atoms with van der Waals surface area (Å²) in [6.07, 6.45) is 1.94. The van der Waals surface area contributed by atoms with Gasteiger partial charge in [-0.15, -0.1) is 0 Å². The molecule has 0 spiro atoms. The summed E-state index contributed by atoms with van der Waals surface area (Å²) in [6, 6.07) is 8.15. The van der Waals surface area contributed by atoms with Crippen LogP contribution in [-0.2, 0) is 17.8 Å². The number of H-pyrrole nitrogens is 1. The van der Waals surface area contributed by atoms with Crippen molar-refractivity contribution in [2.24, 2.45) is 0 Å². The molecular formula is C13H17N3OS. The van der Waals surface area contributed by atoms with Crippen molar-refractivity contribution in [1.29, 1.82) is 0 Å². The van der Waals surface area contributed by atoms with Gasteiger partial charge < -0.3 is 4.74 Å². The number of aromatic nitrogens is 3. The highest BCUT2D eigenvalue weighted by atomic mass is 32.1. The van der Waals surface area contributed by atoms with Crippen molar-refractivity contribution in [2.75, 3.05) is 7.11 Å². The van der Waals surface area contributed by atoms with Crippen LogP contribution in [0.4, 0.5) is 0 Å². The average Bonchev–Trinajstić information content (AvgIpc) is 2.72. The van der Waals surface area contributed by atoms with Gasteiger partial charge in [0, 0.05) is 19.2 Å². The van der Waals surface area contributed by atoms with Crippen molar-refractivity contribution < 1.29 is 4.74 Å². The maximum Gasteiger partial charge on any atom is 0.199 e. The predicted octanol–water partition coefficient (Wildman–Crippen LogP) is 3.03. The van der Waals surface area contributed by atoms with Gasteiger partial charge in [0.25, 0.3) is 0 Å². The number of methoxy groups -OCH3 is 1. The van der Waals surface area contributed by atoms with Gasteiger partial charge in [0.2, 0.25) is 0 Å². The Hall–Kier alpha value is -1.46. The van der Waals surface area contributed by atoms with Crippen LogP contribution in [0, 0.1) is 4.77 Å². The van der Waals surface area contributed by atoms with Crippen LogP contribution in [0.5, 0.6) is 0 Å². The van der Waals surface area contributed by atoms with E-state index in [2.05, 4.69) is 23.2 Å². The molecule has 0 fully saturated rings. The number of aryl methyl sites for hydroxylation is 1. The molecule has 4 nitrogen and oxygen atoms in total. The number of nitrogens with zero attached hydrogens (tertiary/aromatic N) is 2. The Kier molecular flexibility index (Phi) is 4.28. The van der Waals surface area contributed by atoms with Crippen LogP contribution in [0.25, 0.3) is 5.69 Å². The molecule has 0 amide bonds. The fourth-order valence-electron chi connectivity index (χ4n) is 1.94. The van der Waals surface area contributed by atoms with E-state index in [9.17, 15) is 0 Å². The number of benzene rings is 1. The van der Waals surface area contributed by atoms with E-state index < -0.39 is 0 Å². The van der Waals surface area contributed by atoms with E-state index in [0.717, 1.165) is 29.9 Å². The Morgan fingerprint density at radius 1 is 1.44 bits per heavy atom. The third kappa shape index (κ3) is 2.68. The lowest BCUT2D eigenvalue weighted by atomic mass is 10.2. The van der Waals surface area contributed by atoms with E-state index in [0.29, 0.717) is 11.4 Å². The summed E-state index contributed by atoms with van der Waals surface area (Å²) in [5.41, 5.74) is 2.16. The zero-order chi connectivity index (χ0) is 13.0. The third-order valence-corrected chi connectivity index (χ3v) is 2.97. The molecule has 18 heavy (non-hydrogen) atoms. The molecule has 0 saturated carbocycles. The number of ether oxygens (including phenoxy) is 1. The van der Waals surface area contributed by atoms with Crippen LogP contribution in [0.2, 0.25) is 0 Å². The van der Waals surface area contributed by atoms with Crippen LogP contribution < -0.4 is 0 Å². The minimum Gasteiger partial charge on any atom is -0.380 e. The molecule has 5 heteroatoms. The molecular weight excluding hydrogens is 246 g/mol. The maximum atomic E-state index is 5.29. The van der Waals surface area contributed by atoms with Crippen LogP contribution in [0.3, 0.4) is 0 Å². The van der Waals surface area contributed by atoms with Crippen LogP contribution in [0.15, 0.2) is 24.3 Å². The van der Waals surface area contributed by atoms with Gasteiger partial charge in [-0.2, -0.15) is 5.10 Å². The van der Waals surface area contributed by atoms with Crippen molar-refractivity contribution in [3.63, 3.8) is 0 Å².